The standard InChI is InChI=1S/C20H25FN4O4S/c1-13(14-3-5-16(21)6-4-14)23-20(27)15-7-9-25(10-8-15)30(28,29)17-11-18(19(22)26)24(2)12-17/h3-6,11-13,15H,7-10H2,1-2H3,(H2,22,26)(H,23,27)/t13-/m1/s1. The van der Waals surface area contributed by atoms with Crippen molar-refractivity contribution in [3.8, 4) is 0 Å². The van der Waals surface area contributed by atoms with E-state index in [4.69, 9.17) is 5.73 Å². The quantitative estimate of drug-likeness (QED) is 0.715. The first-order chi connectivity index (χ1) is 14.1. The number of piperidine rings is 1. The molecule has 1 aromatic heterocycles. The molecule has 10 heteroatoms. The van der Waals surface area contributed by atoms with Crippen molar-refractivity contribution in [2.75, 3.05) is 13.1 Å². The van der Waals surface area contributed by atoms with E-state index in [1.807, 2.05) is 6.92 Å². The number of amides is 2. The molecule has 0 bridgehead atoms. The van der Waals surface area contributed by atoms with E-state index in [0.29, 0.717) is 12.8 Å². The highest BCUT2D eigenvalue weighted by Crippen LogP contribution is 2.26. The van der Waals surface area contributed by atoms with Crippen LogP contribution in [0.3, 0.4) is 0 Å². The average molecular weight is 437 g/mol. The summed E-state index contributed by atoms with van der Waals surface area (Å²) in [6.07, 6.45) is 2.13. The van der Waals surface area contributed by atoms with Gasteiger partial charge in [-0.1, -0.05) is 12.1 Å². The van der Waals surface area contributed by atoms with Crippen molar-refractivity contribution in [2.45, 2.75) is 30.7 Å². The van der Waals surface area contributed by atoms with Crippen molar-refractivity contribution >= 4 is 21.8 Å². The lowest BCUT2D eigenvalue weighted by atomic mass is 9.96. The monoisotopic (exact) mass is 436 g/mol. The fourth-order valence-corrected chi connectivity index (χ4v) is 5.14. The fraction of sp³-hybridized carbons (Fsp3) is 0.400. The Bertz CT molecular complexity index is 1040. The molecule has 0 spiro atoms. The molecule has 0 unspecified atom stereocenters. The predicted molar refractivity (Wildman–Crippen MR) is 108 cm³/mol. The van der Waals surface area contributed by atoms with Crippen LogP contribution >= 0.6 is 0 Å². The molecule has 162 valence electrons. The largest absolute Gasteiger partial charge is 0.364 e. The van der Waals surface area contributed by atoms with E-state index in [-0.39, 0.29) is 47.4 Å². The van der Waals surface area contributed by atoms with Gasteiger partial charge in [-0.3, -0.25) is 9.59 Å². The molecule has 2 aromatic rings. The smallest absolute Gasteiger partial charge is 0.265 e. The van der Waals surface area contributed by atoms with Gasteiger partial charge in [0.05, 0.1) is 6.04 Å². The van der Waals surface area contributed by atoms with Gasteiger partial charge in [-0.2, -0.15) is 4.31 Å². The third kappa shape index (κ3) is 4.54. The molecule has 1 aliphatic rings. The van der Waals surface area contributed by atoms with Gasteiger partial charge in [0, 0.05) is 32.3 Å². The maximum atomic E-state index is 13.1. The summed E-state index contributed by atoms with van der Waals surface area (Å²) >= 11 is 0. The molecule has 0 saturated carbocycles. The number of aryl methyl sites for hydroxylation is 1. The molecule has 0 radical (unpaired) electrons. The summed E-state index contributed by atoms with van der Waals surface area (Å²) in [6, 6.07) is 6.91. The average Bonchev–Trinajstić information content (AvgIpc) is 3.11. The van der Waals surface area contributed by atoms with Gasteiger partial charge in [0.2, 0.25) is 15.9 Å². The summed E-state index contributed by atoms with van der Waals surface area (Å²) in [7, 11) is -2.23. The minimum absolute atomic E-state index is 0.00614. The van der Waals surface area contributed by atoms with E-state index in [9.17, 15) is 22.4 Å². The van der Waals surface area contributed by atoms with Gasteiger partial charge in [0.15, 0.2) is 0 Å². The van der Waals surface area contributed by atoms with E-state index >= 15 is 0 Å². The number of benzene rings is 1. The van der Waals surface area contributed by atoms with Crippen LogP contribution in [0.2, 0.25) is 0 Å². The maximum Gasteiger partial charge on any atom is 0.265 e. The molecule has 3 N–H and O–H groups in total. The van der Waals surface area contributed by atoms with Gasteiger partial charge in [-0.15, -0.1) is 0 Å². The van der Waals surface area contributed by atoms with Crippen molar-refractivity contribution in [3.05, 3.63) is 53.6 Å². The van der Waals surface area contributed by atoms with Crippen LogP contribution in [-0.4, -0.2) is 42.2 Å². The minimum Gasteiger partial charge on any atom is -0.364 e. The van der Waals surface area contributed by atoms with Crippen LogP contribution in [0, 0.1) is 11.7 Å². The second kappa shape index (κ2) is 8.57. The van der Waals surface area contributed by atoms with Crippen molar-refractivity contribution in [1.29, 1.82) is 0 Å². The van der Waals surface area contributed by atoms with E-state index in [2.05, 4.69) is 5.32 Å². The molecule has 2 heterocycles. The van der Waals surface area contributed by atoms with Crippen LogP contribution in [0.15, 0.2) is 41.4 Å². The Morgan fingerprint density at radius 1 is 1.20 bits per heavy atom. The number of hydrogen-bond donors (Lipinski definition) is 2. The number of rotatable bonds is 6. The number of carbonyl (C=O) groups excluding carboxylic acids is 2. The third-order valence-electron chi connectivity index (χ3n) is 5.42. The topological polar surface area (TPSA) is 114 Å². The Morgan fingerprint density at radius 3 is 2.33 bits per heavy atom. The van der Waals surface area contributed by atoms with Crippen LogP contribution in [-0.2, 0) is 21.9 Å². The van der Waals surface area contributed by atoms with Crippen molar-refractivity contribution in [1.82, 2.24) is 14.2 Å². The van der Waals surface area contributed by atoms with Gasteiger partial charge in [-0.25, -0.2) is 12.8 Å². The normalized spacial score (nSPS) is 16.9. The second-order valence-electron chi connectivity index (χ2n) is 7.50. The summed E-state index contributed by atoms with van der Waals surface area (Å²) in [5.41, 5.74) is 6.16. The minimum atomic E-state index is -3.78. The third-order valence-corrected chi connectivity index (χ3v) is 7.29. The summed E-state index contributed by atoms with van der Waals surface area (Å²) in [5, 5.41) is 2.91. The molecular formula is C20H25FN4O4S. The molecule has 30 heavy (non-hydrogen) atoms. The number of nitrogens with zero attached hydrogens (tertiary/aromatic N) is 2. The molecule has 8 nitrogen and oxygen atoms in total. The highest BCUT2D eigenvalue weighted by Gasteiger charge is 2.33. The van der Waals surface area contributed by atoms with E-state index in [1.54, 1.807) is 19.2 Å². The van der Waals surface area contributed by atoms with E-state index in [1.165, 1.54) is 33.3 Å². The zero-order chi connectivity index (χ0) is 22.1. The van der Waals surface area contributed by atoms with Crippen LogP contribution in [0.5, 0.6) is 0 Å². The molecule has 2 amide bonds. The van der Waals surface area contributed by atoms with Gasteiger partial charge in [0.1, 0.15) is 16.4 Å². The number of aromatic nitrogens is 1. The van der Waals surface area contributed by atoms with Crippen molar-refractivity contribution in [2.24, 2.45) is 18.7 Å². The number of hydrogen-bond acceptors (Lipinski definition) is 4. The lowest BCUT2D eigenvalue weighted by molar-refractivity contribution is -0.126. The summed E-state index contributed by atoms with van der Waals surface area (Å²) in [5.74, 6) is -1.51. The van der Waals surface area contributed by atoms with Crippen LogP contribution < -0.4 is 11.1 Å². The van der Waals surface area contributed by atoms with Crippen LogP contribution in [0.25, 0.3) is 0 Å². The Balaban J connectivity index is 1.61. The molecule has 0 aliphatic carbocycles. The first-order valence-corrected chi connectivity index (χ1v) is 11.1. The van der Waals surface area contributed by atoms with Crippen molar-refractivity contribution in [3.63, 3.8) is 0 Å². The first kappa shape index (κ1) is 22.0. The Labute approximate surface area is 174 Å². The highest BCUT2D eigenvalue weighted by molar-refractivity contribution is 7.89. The zero-order valence-corrected chi connectivity index (χ0v) is 17.7. The molecular weight excluding hydrogens is 411 g/mol. The lowest BCUT2D eigenvalue weighted by Gasteiger charge is -2.31. The second-order valence-corrected chi connectivity index (χ2v) is 9.43. The Hall–Kier alpha value is -2.72. The van der Waals surface area contributed by atoms with Crippen LogP contribution in [0.4, 0.5) is 4.39 Å². The molecule has 1 fully saturated rings. The number of nitrogens with one attached hydrogen (secondary N) is 1. The number of primary amides is 1. The van der Waals surface area contributed by atoms with Gasteiger partial charge < -0.3 is 15.6 Å². The first-order valence-electron chi connectivity index (χ1n) is 9.61. The van der Waals surface area contributed by atoms with Crippen LogP contribution in [0.1, 0.15) is 41.9 Å². The molecule has 3 rings (SSSR count). The number of carbonyl (C=O) groups is 2. The van der Waals surface area contributed by atoms with Gasteiger partial charge >= 0.3 is 0 Å². The number of nitrogens with two attached hydrogens (primary N) is 1. The summed E-state index contributed by atoms with van der Waals surface area (Å²) in [4.78, 5) is 24.0. The van der Waals surface area contributed by atoms with E-state index in [0.717, 1.165) is 5.56 Å². The Kier molecular flexibility index (Phi) is 6.27. The van der Waals surface area contributed by atoms with E-state index < -0.39 is 15.9 Å². The number of halogens is 1. The summed E-state index contributed by atoms with van der Waals surface area (Å²) in [6.45, 7) is 2.22. The van der Waals surface area contributed by atoms with Crippen molar-refractivity contribution < 1.29 is 22.4 Å². The predicted octanol–water partition coefficient (Wildman–Crippen LogP) is 1.54. The molecule has 1 saturated heterocycles. The lowest BCUT2D eigenvalue weighted by Crippen LogP contribution is -2.43. The van der Waals surface area contributed by atoms with Gasteiger partial charge in [-0.05, 0) is 43.5 Å². The highest BCUT2D eigenvalue weighted by atomic mass is 32.2. The number of sulfonamides is 1. The fourth-order valence-electron chi connectivity index (χ4n) is 3.59. The zero-order valence-electron chi connectivity index (χ0n) is 16.8. The molecule has 1 aromatic carbocycles. The SMILES string of the molecule is C[C@@H](NC(=O)C1CCN(S(=O)(=O)c2cc(C(N)=O)n(C)c2)CC1)c1ccc(F)cc1. The summed E-state index contributed by atoms with van der Waals surface area (Å²) < 4.78 is 41.5. The molecule has 1 aliphatic heterocycles. The maximum absolute atomic E-state index is 13.1. The Morgan fingerprint density at radius 2 is 1.80 bits per heavy atom. The van der Waals surface area contributed by atoms with Gasteiger partial charge in [0.25, 0.3) is 5.91 Å². The molecule has 1 atom stereocenters.